The van der Waals surface area contributed by atoms with Gasteiger partial charge in [-0.05, 0) is 50.8 Å². The highest BCUT2D eigenvalue weighted by Gasteiger charge is 2.17. The van der Waals surface area contributed by atoms with Crippen LogP contribution in [0.1, 0.15) is 31.9 Å². The van der Waals surface area contributed by atoms with Crippen LogP contribution in [0.5, 0.6) is 0 Å². The number of hydrogen-bond donors (Lipinski definition) is 1. The largest absolute Gasteiger partial charge is 0.444 e. The fourth-order valence-corrected chi connectivity index (χ4v) is 3.16. The van der Waals surface area contributed by atoms with Gasteiger partial charge in [0.2, 0.25) is 0 Å². The molecule has 2 heterocycles. The smallest absolute Gasteiger partial charge is 0.412 e. The molecule has 30 heavy (non-hydrogen) atoms. The van der Waals surface area contributed by atoms with E-state index in [4.69, 9.17) is 4.74 Å². The Morgan fingerprint density at radius 3 is 2.77 bits per heavy atom. The van der Waals surface area contributed by atoms with Crippen LogP contribution in [0.25, 0.3) is 11.0 Å². The molecule has 0 fully saturated rings. The zero-order valence-electron chi connectivity index (χ0n) is 17.1. The van der Waals surface area contributed by atoms with Crippen LogP contribution >= 0.6 is 11.8 Å². The third-order valence-electron chi connectivity index (χ3n) is 4.02. The monoisotopic (exact) mass is 423 g/mol. The molecule has 0 radical (unpaired) electrons. The van der Waals surface area contributed by atoms with Gasteiger partial charge in [-0.25, -0.2) is 14.8 Å². The summed E-state index contributed by atoms with van der Waals surface area (Å²) in [5.74, 6) is 0. The zero-order chi connectivity index (χ0) is 21.9. The minimum Gasteiger partial charge on any atom is -0.444 e. The molecular weight excluding hydrogens is 402 g/mol. The molecule has 0 atom stereocenters. The number of nitrogens with zero attached hydrogens (tertiary/aromatic N) is 4. The molecule has 0 aliphatic rings. The molecule has 0 saturated carbocycles. The van der Waals surface area contributed by atoms with Crippen molar-refractivity contribution >= 4 is 34.6 Å². The maximum atomic E-state index is 12.8. The molecule has 3 aromatic rings. The van der Waals surface area contributed by atoms with Gasteiger partial charge in [-0.3, -0.25) is 14.7 Å². The van der Waals surface area contributed by atoms with E-state index >= 15 is 0 Å². The SMILES string of the molecule is CSc1ncc2cc(C#N)c(=O)n(Cc3cccc(NC(=O)OC(C)(C)C)c3)c2n1. The first-order valence-electron chi connectivity index (χ1n) is 9.14. The van der Waals surface area contributed by atoms with Crippen molar-refractivity contribution in [1.29, 1.82) is 5.26 Å². The van der Waals surface area contributed by atoms with E-state index in [1.807, 2.05) is 18.4 Å². The van der Waals surface area contributed by atoms with E-state index in [0.717, 1.165) is 5.56 Å². The topological polar surface area (TPSA) is 110 Å². The Kier molecular flexibility index (Phi) is 6.08. The van der Waals surface area contributed by atoms with Gasteiger partial charge >= 0.3 is 6.09 Å². The van der Waals surface area contributed by atoms with Crippen LogP contribution in [0.2, 0.25) is 0 Å². The summed E-state index contributed by atoms with van der Waals surface area (Å²) in [4.78, 5) is 33.5. The van der Waals surface area contributed by atoms with Crippen molar-refractivity contribution in [2.24, 2.45) is 0 Å². The Balaban J connectivity index is 1.98. The summed E-state index contributed by atoms with van der Waals surface area (Å²) in [6, 6.07) is 10.5. The number of benzene rings is 1. The second kappa shape index (κ2) is 8.55. The molecule has 3 rings (SSSR count). The normalized spacial score (nSPS) is 11.2. The number of nitrogens with one attached hydrogen (secondary N) is 1. The molecule has 1 amide bonds. The number of fused-ring (bicyclic) bond motifs is 1. The first-order chi connectivity index (χ1) is 14.2. The van der Waals surface area contributed by atoms with Crippen molar-refractivity contribution in [3.05, 3.63) is 58.0 Å². The minimum atomic E-state index is -0.611. The molecular formula is C21H21N5O3S. The molecule has 0 aliphatic heterocycles. The van der Waals surface area contributed by atoms with Gasteiger partial charge in [0.15, 0.2) is 5.16 Å². The van der Waals surface area contributed by atoms with E-state index in [1.165, 1.54) is 22.4 Å². The third-order valence-corrected chi connectivity index (χ3v) is 4.58. The number of anilines is 1. The van der Waals surface area contributed by atoms with E-state index in [1.54, 1.807) is 45.2 Å². The lowest BCUT2D eigenvalue weighted by molar-refractivity contribution is 0.0636. The van der Waals surface area contributed by atoms with Gasteiger partial charge in [0, 0.05) is 17.3 Å². The van der Waals surface area contributed by atoms with Crippen molar-refractivity contribution in [2.45, 2.75) is 38.1 Å². The standard InChI is InChI=1S/C21H21N5O3S/c1-21(2,3)29-20(28)24-16-7-5-6-13(8-16)12-26-17-15(9-14(10-22)18(26)27)11-23-19(25-17)30-4/h5-9,11H,12H2,1-4H3,(H,24,28). The summed E-state index contributed by atoms with van der Waals surface area (Å²) in [5, 5.41) is 13.2. The molecule has 2 aromatic heterocycles. The van der Waals surface area contributed by atoms with Crippen molar-refractivity contribution in [3.63, 3.8) is 0 Å². The molecule has 0 unspecified atom stereocenters. The van der Waals surface area contributed by atoms with Crippen LogP contribution in [0.15, 0.2) is 46.5 Å². The molecule has 9 heteroatoms. The Hall–Kier alpha value is -3.38. The summed E-state index contributed by atoms with van der Waals surface area (Å²) >= 11 is 1.36. The van der Waals surface area contributed by atoms with Crippen molar-refractivity contribution < 1.29 is 9.53 Å². The second-order valence-electron chi connectivity index (χ2n) is 7.52. The number of aromatic nitrogens is 3. The first-order valence-corrected chi connectivity index (χ1v) is 10.4. The Morgan fingerprint density at radius 2 is 2.10 bits per heavy atom. The predicted molar refractivity (Wildman–Crippen MR) is 116 cm³/mol. The zero-order valence-corrected chi connectivity index (χ0v) is 17.9. The first kappa shape index (κ1) is 21.3. The molecule has 0 saturated heterocycles. The van der Waals surface area contributed by atoms with Crippen molar-refractivity contribution in [3.8, 4) is 6.07 Å². The predicted octanol–water partition coefficient (Wildman–Crippen LogP) is 3.78. The van der Waals surface area contributed by atoms with Crippen molar-refractivity contribution in [1.82, 2.24) is 14.5 Å². The summed E-state index contributed by atoms with van der Waals surface area (Å²) in [5.41, 5.74) is 0.720. The second-order valence-corrected chi connectivity index (χ2v) is 8.30. The van der Waals surface area contributed by atoms with Crippen LogP contribution in [0.4, 0.5) is 10.5 Å². The Bertz CT molecular complexity index is 1210. The lowest BCUT2D eigenvalue weighted by atomic mass is 10.1. The van der Waals surface area contributed by atoms with Crippen LogP contribution in [-0.2, 0) is 11.3 Å². The average molecular weight is 423 g/mol. The van der Waals surface area contributed by atoms with Gasteiger partial charge < -0.3 is 4.74 Å². The Labute approximate surface area is 177 Å². The maximum absolute atomic E-state index is 12.8. The van der Waals surface area contributed by atoms with Gasteiger partial charge in [0.25, 0.3) is 5.56 Å². The molecule has 154 valence electrons. The lowest BCUT2D eigenvalue weighted by Gasteiger charge is -2.19. The van der Waals surface area contributed by atoms with E-state index in [9.17, 15) is 14.9 Å². The third kappa shape index (κ3) is 4.96. The number of hydrogen-bond acceptors (Lipinski definition) is 7. The van der Waals surface area contributed by atoms with Gasteiger partial charge in [0.1, 0.15) is 22.9 Å². The summed E-state index contributed by atoms with van der Waals surface area (Å²) in [6.07, 6.45) is 2.89. The van der Waals surface area contributed by atoms with E-state index in [-0.39, 0.29) is 12.1 Å². The van der Waals surface area contributed by atoms with Gasteiger partial charge in [0.05, 0.1) is 6.54 Å². The fraction of sp³-hybridized carbons (Fsp3) is 0.286. The van der Waals surface area contributed by atoms with Crippen LogP contribution in [-0.4, -0.2) is 32.5 Å². The molecule has 0 spiro atoms. The number of nitriles is 1. The summed E-state index contributed by atoms with van der Waals surface area (Å²) in [7, 11) is 0. The average Bonchev–Trinajstić information content (AvgIpc) is 2.68. The summed E-state index contributed by atoms with van der Waals surface area (Å²) < 4.78 is 6.72. The number of rotatable bonds is 4. The van der Waals surface area contributed by atoms with Gasteiger partial charge in [-0.1, -0.05) is 23.9 Å². The van der Waals surface area contributed by atoms with Crippen LogP contribution in [0.3, 0.4) is 0 Å². The van der Waals surface area contributed by atoms with E-state index in [0.29, 0.717) is 21.9 Å². The molecule has 8 nitrogen and oxygen atoms in total. The number of ether oxygens (including phenoxy) is 1. The lowest BCUT2D eigenvalue weighted by Crippen LogP contribution is -2.27. The highest BCUT2D eigenvalue weighted by Crippen LogP contribution is 2.18. The molecule has 1 N–H and O–H groups in total. The number of carbonyl (C=O) groups excluding carboxylic acids is 1. The minimum absolute atomic E-state index is 0.0195. The number of carbonyl (C=O) groups is 1. The number of amides is 1. The molecule has 1 aromatic carbocycles. The highest BCUT2D eigenvalue weighted by molar-refractivity contribution is 7.98. The maximum Gasteiger partial charge on any atom is 0.412 e. The fourth-order valence-electron chi connectivity index (χ4n) is 2.82. The van der Waals surface area contributed by atoms with E-state index < -0.39 is 17.3 Å². The van der Waals surface area contributed by atoms with E-state index in [2.05, 4.69) is 15.3 Å². The van der Waals surface area contributed by atoms with Gasteiger partial charge in [-0.2, -0.15) is 5.26 Å². The molecule has 0 bridgehead atoms. The quantitative estimate of drug-likeness (QED) is 0.502. The molecule has 0 aliphatic carbocycles. The van der Waals surface area contributed by atoms with Crippen LogP contribution in [0, 0.1) is 11.3 Å². The number of thioether (sulfide) groups is 1. The number of pyridine rings is 1. The highest BCUT2D eigenvalue weighted by atomic mass is 32.2. The summed E-state index contributed by atoms with van der Waals surface area (Å²) in [6.45, 7) is 5.54. The van der Waals surface area contributed by atoms with Crippen LogP contribution < -0.4 is 10.9 Å². The van der Waals surface area contributed by atoms with Crippen molar-refractivity contribution in [2.75, 3.05) is 11.6 Å². The Morgan fingerprint density at radius 1 is 1.33 bits per heavy atom. The van der Waals surface area contributed by atoms with Gasteiger partial charge in [-0.15, -0.1) is 0 Å².